The van der Waals surface area contributed by atoms with Gasteiger partial charge in [-0.3, -0.25) is 9.59 Å². The van der Waals surface area contributed by atoms with Gasteiger partial charge in [0.25, 0.3) is 5.92 Å². The zero-order valence-corrected chi connectivity index (χ0v) is 9.09. The average Bonchev–Trinajstić information content (AvgIpc) is 2.17. The van der Waals surface area contributed by atoms with Gasteiger partial charge in [0.05, 0.1) is 0 Å². The molecule has 0 aliphatic carbocycles. The Morgan fingerprint density at radius 2 is 1.81 bits per heavy atom. The highest BCUT2D eigenvalue weighted by atomic mass is 19.3. The molecule has 1 amide bonds. The van der Waals surface area contributed by atoms with E-state index in [9.17, 15) is 18.4 Å². The molecule has 0 aromatic rings. The molecule has 3 N–H and O–H groups in total. The monoisotopic (exact) mass is 239 g/mol. The van der Waals surface area contributed by atoms with Gasteiger partial charge in [-0.2, -0.15) is 0 Å². The SMILES string of the molecule is CC(C)(C(=O)O)C(=O)NCCC(F)(F)CO. The van der Waals surface area contributed by atoms with Gasteiger partial charge in [0.2, 0.25) is 5.91 Å². The normalized spacial score (nSPS) is 12.3. The maximum Gasteiger partial charge on any atom is 0.318 e. The molecule has 0 aromatic carbocycles. The number of carboxylic acid groups (broad SMARTS) is 1. The van der Waals surface area contributed by atoms with E-state index < -0.39 is 36.2 Å². The van der Waals surface area contributed by atoms with E-state index in [1.807, 2.05) is 0 Å². The number of carbonyl (C=O) groups excluding carboxylic acids is 1. The van der Waals surface area contributed by atoms with E-state index in [1.165, 1.54) is 13.8 Å². The molecule has 0 rings (SSSR count). The van der Waals surface area contributed by atoms with Crippen molar-refractivity contribution in [3.05, 3.63) is 0 Å². The molecule has 0 spiro atoms. The van der Waals surface area contributed by atoms with Crippen LogP contribution in [0.2, 0.25) is 0 Å². The molecule has 0 saturated carbocycles. The van der Waals surface area contributed by atoms with Gasteiger partial charge in [0, 0.05) is 13.0 Å². The summed E-state index contributed by atoms with van der Waals surface area (Å²) in [4.78, 5) is 21.9. The number of aliphatic hydroxyl groups excluding tert-OH is 1. The van der Waals surface area contributed by atoms with Crippen LogP contribution in [0.1, 0.15) is 20.3 Å². The molecule has 7 heteroatoms. The molecule has 5 nitrogen and oxygen atoms in total. The van der Waals surface area contributed by atoms with Crippen LogP contribution in [0.15, 0.2) is 0 Å². The molecule has 16 heavy (non-hydrogen) atoms. The van der Waals surface area contributed by atoms with Crippen LogP contribution >= 0.6 is 0 Å². The number of hydrogen-bond donors (Lipinski definition) is 3. The Balaban J connectivity index is 4.15. The Labute approximate surface area is 91.5 Å². The minimum Gasteiger partial charge on any atom is -0.480 e. The molecular formula is C9H15F2NO4. The first-order valence-electron chi connectivity index (χ1n) is 4.64. The van der Waals surface area contributed by atoms with E-state index in [4.69, 9.17) is 10.2 Å². The summed E-state index contributed by atoms with van der Waals surface area (Å²) < 4.78 is 25.1. The molecular weight excluding hydrogens is 224 g/mol. The number of halogens is 2. The number of nitrogens with one attached hydrogen (secondary N) is 1. The molecule has 0 unspecified atom stereocenters. The van der Waals surface area contributed by atoms with Crippen molar-refractivity contribution in [2.24, 2.45) is 5.41 Å². The third-order valence-corrected chi connectivity index (χ3v) is 2.11. The summed E-state index contributed by atoms with van der Waals surface area (Å²) in [7, 11) is 0. The molecule has 0 aliphatic heterocycles. The molecule has 0 heterocycles. The quantitative estimate of drug-likeness (QED) is 0.579. The van der Waals surface area contributed by atoms with Crippen molar-refractivity contribution in [1.82, 2.24) is 5.32 Å². The summed E-state index contributed by atoms with van der Waals surface area (Å²) in [5, 5.41) is 19.0. The Kier molecular flexibility index (Phi) is 4.80. The number of amides is 1. The lowest BCUT2D eigenvalue weighted by molar-refractivity contribution is -0.153. The average molecular weight is 239 g/mol. The molecule has 0 aliphatic rings. The maximum absolute atomic E-state index is 12.5. The number of hydrogen-bond acceptors (Lipinski definition) is 3. The van der Waals surface area contributed by atoms with Crippen molar-refractivity contribution < 1.29 is 28.6 Å². The maximum atomic E-state index is 12.5. The van der Waals surface area contributed by atoms with Crippen LogP contribution in [0.5, 0.6) is 0 Å². The lowest BCUT2D eigenvalue weighted by Gasteiger charge is -2.19. The second-order valence-electron chi connectivity index (χ2n) is 3.95. The van der Waals surface area contributed by atoms with Crippen LogP contribution in [0.3, 0.4) is 0 Å². The van der Waals surface area contributed by atoms with Crippen molar-refractivity contribution in [2.45, 2.75) is 26.2 Å². The van der Waals surface area contributed by atoms with E-state index in [-0.39, 0.29) is 6.54 Å². The summed E-state index contributed by atoms with van der Waals surface area (Å²) in [5.74, 6) is -5.44. The lowest BCUT2D eigenvalue weighted by Crippen LogP contribution is -2.43. The van der Waals surface area contributed by atoms with Crippen LogP contribution in [0, 0.1) is 5.41 Å². The first-order chi connectivity index (χ1) is 7.13. The fourth-order valence-corrected chi connectivity index (χ4v) is 0.756. The number of carbonyl (C=O) groups is 2. The molecule has 0 atom stereocenters. The van der Waals surface area contributed by atoms with Gasteiger partial charge in [-0.05, 0) is 13.8 Å². The minimum absolute atomic E-state index is 0.386. The van der Waals surface area contributed by atoms with Crippen LogP contribution < -0.4 is 5.32 Å². The lowest BCUT2D eigenvalue weighted by atomic mass is 9.92. The number of aliphatic carboxylic acids is 1. The number of aliphatic hydroxyl groups is 1. The van der Waals surface area contributed by atoms with E-state index in [1.54, 1.807) is 0 Å². The molecule has 0 aromatic heterocycles. The summed E-state index contributed by atoms with van der Waals surface area (Å²) in [5.41, 5.74) is -1.66. The molecule has 0 radical (unpaired) electrons. The van der Waals surface area contributed by atoms with E-state index in [2.05, 4.69) is 5.32 Å². The summed E-state index contributed by atoms with van der Waals surface area (Å²) in [6.45, 7) is 0.665. The predicted molar refractivity (Wildman–Crippen MR) is 51.1 cm³/mol. The second-order valence-corrected chi connectivity index (χ2v) is 3.95. The molecule has 0 saturated heterocycles. The largest absolute Gasteiger partial charge is 0.480 e. The zero-order valence-electron chi connectivity index (χ0n) is 9.09. The highest BCUT2D eigenvalue weighted by molar-refractivity contribution is 6.00. The van der Waals surface area contributed by atoms with Crippen molar-refractivity contribution in [3.8, 4) is 0 Å². The summed E-state index contributed by atoms with van der Waals surface area (Å²) >= 11 is 0. The third-order valence-electron chi connectivity index (χ3n) is 2.11. The van der Waals surface area contributed by atoms with Crippen molar-refractivity contribution >= 4 is 11.9 Å². The Morgan fingerprint density at radius 1 is 1.31 bits per heavy atom. The van der Waals surface area contributed by atoms with Gasteiger partial charge in [-0.1, -0.05) is 0 Å². The number of alkyl halides is 2. The smallest absolute Gasteiger partial charge is 0.318 e. The predicted octanol–water partition coefficient (Wildman–Crippen LogP) is 0.231. The highest BCUT2D eigenvalue weighted by Gasteiger charge is 2.36. The fraction of sp³-hybridized carbons (Fsp3) is 0.778. The minimum atomic E-state index is -3.26. The topological polar surface area (TPSA) is 86.6 Å². The number of carboxylic acids is 1. The van der Waals surface area contributed by atoms with Crippen LogP contribution in [0.25, 0.3) is 0 Å². The van der Waals surface area contributed by atoms with Gasteiger partial charge in [0.15, 0.2) is 0 Å². The highest BCUT2D eigenvalue weighted by Crippen LogP contribution is 2.18. The van der Waals surface area contributed by atoms with Crippen molar-refractivity contribution in [1.29, 1.82) is 0 Å². The molecule has 94 valence electrons. The standard InChI is InChI=1S/C9H15F2NO4/c1-8(2,7(15)16)6(14)12-4-3-9(10,11)5-13/h13H,3-5H2,1-2H3,(H,12,14)(H,15,16). The Bertz CT molecular complexity index is 279. The van der Waals surface area contributed by atoms with Gasteiger partial charge in [-0.15, -0.1) is 0 Å². The molecule has 0 fully saturated rings. The van der Waals surface area contributed by atoms with Gasteiger partial charge in [0.1, 0.15) is 12.0 Å². The summed E-state index contributed by atoms with van der Waals surface area (Å²) in [6.07, 6.45) is -0.731. The Morgan fingerprint density at radius 3 is 2.19 bits per heavy atom. The van der Waals surface area contributed by atoms with Crippen LogP contribution in [-0.4, -0.2) is 41.2 Å². The molecule has 0 bridgehead atoms. The zero-order chi connectivity index (χ0) is 13.0. The third kappa shape index (κ3) is 4.09. The van der Waals surface area contributed by atoms with Gasteiger partial charge >= 0.3 is 5.97 Å². The van der Waals surface area contributed by atoms with Crippen LogP contribution in [-0.2, 0) is 9.59 Å². The van der Waals surface area contributed by atoms with Gasteiger partial charge < -0.3 is 15.5 Å². The second kappa shape index (κ2) is 5.20. The first-order valence-corrected chi connectivity index (χ1v) is 4.64. The summed E-state index contributed by atoms with van der Waals surface area (Å²) in [6, 6.07) is 0. The first kappa shape index (κ1) is 14.8. The van der Waals surface area contributed by atoms with Crippen molar-refractivity contribution in [3.63, 3.8) is 0 Å². The fourth-order valence-electron chi connectivity index (χ4n) is 0.756. The number of rotatable bonds is 6. The Hall–Kier alpha value is -1.24. The van der Waals surface area contributed by atoms with Crippen LogP contribution in [0.4, 0.5) is 8.78 Å². The van der Waals surface area contributed by atoms with E-state index in [0.717, 1.165) is 0 Å². The van der Waals surface area contributed by atoms with Gasteiger partial charge in [-0.25, -0.2) is 8.78 Å². The van der Waals surface area contributed by atoms with Crippen molar-refractivity contribution in [2.75, 3.05) is 13.2 Å². The van der Waals surface area contributed by atoms with E-state index in [0.29, 0.717) is 0 Å². The van der Waals surface area contributed by atoms with E-state index >= 15 is 0 Å².